The Kier molecular flexibility index (Phi) is 7.56. The fourth-order valence-corrected chi connectivity index (χ4v) is 6.31. The highest BCUT2D eigenvalue weighted by molar-refractivity contribution is 7.99. The van der Waals surface area contributed by atoms with Crippen molar-refractivity contribution in [3.8, 4) is 11.8 Å². The molecule has 0 unspecified atom stereocenters. The zero-order valence-corrected chi connectivity index (χ0v) is 21.7. The molecule has 10 heteroatoms. The van der Waals surface area contributed by atoms with Gasteiger partial charge in [0.2, 0.25) is 5.91 Å². The summed E-state index contributed by atoms with van der Waals surface area (Å²) in [5, 5.41) is 26.7. The van der Waals surface area contributed by atoms with E-state index in [1.165, 1.54) is 28.0 Å². The number of benzene rings is 2. The van der Waals surface area contributed by atoms with Crippen LogP contribution in [0.15, 0.2) is 59.8 Å². The van der Waals surface area contributed by atoms with Gasteiger partial charge in [0.1, 0.15) is 11.1 Å². The first-order chi connectivity index (χ1) is 17.6. The summed E-state index contributed by atoms with van der Waals surface area (Å²) in [5.41, 5.74) is 3.56. The van der Waals surface area contributed by atoms with Crippen molar-refractivity contribution < 1.29 is 4.79 Å². The second-order valence-electron chi connectivity index (χ2n) is 8.29. The van der Waals surface area contributed by atoms with Crippen LogP contribution in [-0.4, -0.2) is 26.4 Å². The molecule has 7 nitrogen and oxygen atoms in total. The molecule has 0 fully saturated rings. The maximum Gasteiger partial charge on any atom is 0.235 e. The number of carbonyl (C=O) groups excluding carboxylic acids is 1. The van der Waals surface area contributed by atoms with Crippen molar-refractivity contribution in [3.63, 3.8) is 0 Å². The van der Waals surface area contributed by atoms with Crippen LogP contribution in [0.5, 0.6) is 0 Å². The first kappa shape index (κ1) is 24.4. The van der Waals surface area contributed by atoms with E-state index in [9.17, 15) is 10.1 Å². The Morgan fingerprint density at radius 3 is 2.67 bits per heavy atom. The lowest BCUT2D eigenvalue weighted by Crippen LogP contribution is -2.15. The van der Waals surface area contributed by atoms with E-state index in [2.05, 4.69) is 26.9 Å². The van der Waals surface area contributed by atoms with E-state index in [0.29, 0.717) is 27.3 Å². The third-order valence-electron chi connectivity index (χ3n) is 5.88. The quantitative estimate of drug-likeness (QED) is 0.266. The highest BCUT2D eigenvalue weighted by Crippen LogP contribution is 2.37. The van der Waals surface area contributed by atoms with Crippen LogP contribution >= 0.6 is 34.7 Å². The smallest absolute Gasteiger partial charge is 0.235 e. The number of halogens is 1. The Morgan fingerprint density at radius 1 is 1.11 bits per heavy atom. The average Bonchev–Trinajstić information content (AvgIpc) is 3.48. The molecule has 1 aliphatic carbocycles. The molecule has 2 aromatic heterocycles. The van der Waals surface area contributed by atoms with Gasteiger partial charge in [-0.05, 0) is 67.6 Å². The number of amides is 1. The van der Waals surface area contributed by atoms with Crippen molar-refractivity contribution in [1.82, 2.24) is 14.8 Å². The topological polar surface area (TPSA) is 95.6 Å². The van der Waals surface area contributed by atoms with Crippen LogP contribution in [0.25, 0.3) is 5.69 Å². The number of hydrogen-bond donors (Lipinski definition) is 2. The number of thioether (sulfide) groups is 1. The van der Waals surface area contributed by atoms with E-state index in [1.807, 2.05) is 59.2 Å². The fourth-order valence-electron chi connectivity index (χ4n) is 4.16. The third kappa shape index (κ3) is 5.41. The molecule has 1 amide bonds. The van der Waals surface area contributed by atoms with Crippen LogP contribution in [0.4, 0.5) is 10.7 Å². The SMILES string of the molecule is N#Cc1c(NC(=O)CSc2nnc(CNc3ccc(Cl)cc3)n2-c2ccccc2)sc2c1CCCC2. The van der Waals surface area contributed by atoms with Crippen molar-refractivity contribution in [2.75, 3.05) is 16.4 Å². The van der Waals surface area contributed by atoms with Gasteiger partial charge in [-0.25, -0.2) is 0 Å². The normalized spacial score (nSPS) is 12.6. The number of nitriles is 1. The van der Waals surface area contributed by atoms with Crippen LogP contribution < -0.4 is 10.6 Å². The molecule has 36 heavy (non-hydrogen) atoms. The molecule has 4 aromatic rings. The largest absolute Gasteiger partial charge is 0.378 e. The summed E-state index contributed by atoms with van der Waals surface area (Å²) < 4.78 is 1.95. The summed E-state index contributed by atoms with van der Waals surface area (Å²) in [6.45, 7) is 0.447. The Bertz CT molecular complexity index is 1410. The number of para-hydroxylation sites is 1. The molecule has 1 aliphatic rings. The van der Waals surface area contributed by atoms with Crippen molar-refractivity contribution >= 4 is 51.3 Å². The van der Waals surface area contributed by atoms with Crippen LogP contribution in [0, 0.1) is 11.3 Å². The molecular weight excluding hydrogens is 512 g/mol. The number of fused-ring (bicyclic) bond motifs is 1. The van der Waals surface area contributed by atoms with E-state index in [0.717, 1.165) is 48.4 Å². The standard InChI is InChI=1S/C26H23ClN6OS2/c27-17-10-12-18(13-11-17)29-15-23-31-32-26(33(23)19-6-2-1-3-7-19)35-16-24(34)30-25-21(14-28)20-8-4-5-9-22(20)36-25/h1-3,6-7,10-13,29H,4-5,8-9,15-16H2,(H,30,34). The lowest BCUT2D eigenvalue weighted by atomic mass is 9.96. The Balaban J connectivity index is 1.31. The summed E-state index contributed by atoms with van der Waals surface area (Å²) in [6, 6.07) is 19.6. The van der Waals surface area contributed by atoms with Gasteiger partial charge in [-0.1, -0.05) is 41.6 Å². The van der Waals surface area contributed by atoms with Crippen molar-refractivity contribution in [3.05, 3.63) is 81.4 Å². The predicted octanol–water partition coefficient (Wildman–Crippen LogP) is 6.08. The molecule has 182 valence electrons. The van der Waals surface area contributed by atoms with Gasteiger partial charge in [-0.3, -0.25) is 9.36 Å². The lowest BCUT2D eigenvalue weighted by Gasteiger charge is -2.11. The molecule has 2 aromatic carbocycles. The number of aryl methyl sites for hydroxylation is 1. The van der Waals surface area contributed by atoms with Gasteiger partial charge >= 0.3 is 0 Å². The van der Waals surface area contributed by atoms with E-state index in [4.69, 9.17) is 11.6 Å². The van der Waals surface area contributed by atoms with Gasteiger partial charge in [-0.15, -0.1) is 21.5 Å². The van der Waals surface area contributed by atoms with Crippen LogP contribution in [0.2, 0.25) is 5.02 Å². The first-order valence-electron chi connectivity index (χ1n) is 11.6. The molecule has 0 atom stereocenters. The molecule has 0 bridgehead atoms. The minimum Gasteiger partial charge on any atom is -0.378 e. The number of nitrogens with zero attached hydrogens (tertiary/aromatic N) is 4. The Labute approximate surface area is 222 Å². The number of aromatic nitrogens is 3. The molecule has 0 saturated carbocycles. The summed E-state index contributed by atoms with van der Waals surface area (Å²) in [5.74, 6) is 0.707. The second kappa shape index (κ2) is 11.2. The molecular formula is C26H23ClN6OS2. The third-order valence-corrected chi connectivity index (χ3v) is 8.27. The van der Waals surface area contributed by atoms with Gasteiger partial charge in [0.15, 0.2) is 11.0 Å². The van der Waals surface area contributed by atoms with Crippen LogP contribution in [0.3, 0.4) is 0 Å². The fraction of sp³-hybridized carbons (Fsp3) is 0.231. The zero-order chi connectivity index (χ0) is 24.9. The van der Waals surface area contributed by atoms with E-state index < -0.39 is 0 Å². The van der Waals surface area contributed by atoms with Crippen molar-refractivity contribution in [2.45, 2.75) is 37.4 Å². The highest BCUT2D eigenvalue weighted by Gasteiger charge is 2.22. The molecule has 0 spiro atoms. The summed E-state index contributed by atoms with van der Waals surface area (Å²) in [4.78, 5) is 14.1. The number of anilines is 2. The zero-order valence-electron chi connectivity index (χ0n) is 19.3. The average molecular weight is 535 g/mol. The number of nitrogens with one attached hydrogen (secondary N) is 2. The van der Waals surface area contributed by atoms with Crippen molar-refractivity contribution in [2.24, 2.45) is 0 Å². The number of rotatable bonds is 8. The molecule has 2 heterocycles. The Morgan fingerprint density at radius 2 is 1.89 bits per heavy atom. The van der Waals surface area contributed by atoms with Gasteiger partial charge in [0, 0.05) is 21.3 Å². The van der Waals surface area contributed by atoms with E-state index in [1.54, 1.807) is 0 Å². The molecule has 0 aliphatic heterocycles. The Hall–Kier alpha value is -3.32. The maximum absolute atomic E-state index is 12.8. The van der Waals surface area contributed by atoms with Crippen molar-refractivity contribution in [1.29, 1.82) is 5.26 Å². The van der Waals surface area contributed by atoms with Gasteiger partial charge in [-0.2, -0.15) is 5.26 Å². The maximum atomic E-state index is 12.8. The summed E-state index contributed by atoms with van der Waals surface area (Å²) in [7, 11) is 0. The predicted molar refractivity (Wildman–Crippen MR) is 145 cm³/mol. The molecule has 0 saturated heterocycles. The minimum atomic E-state index is -0.168. The number of carbonyl (C=O) groups is 1. The van der Waals surface area contributed by atoms with Gasteiger partial charge < -0.3 is 10.6 Å². The molecule has 0 radical (unpaired) electrons. The lowest BCUT2D eigenvalue weighted by molar-refractivity contribution is -0.113. The van der Waals surface area contributed by atoms with E-state index >= 15 is 0 Å². The highest BCUT2D eigenvalue weighted by atomic mass is 35.5. The minimum absolute atomic E-state index is 0.156. The molecule has 2 N–H and O–H groups in total. The van der Waals surface area contributed by atoms with E-state index in [-0.39, 0.29) is 11.7 Å². The van der Waals surface area contributed by atoms with Gasteiger partial charge in [0.25, 0.3) is 0 Å². The van der Waals surface area contributed by atoms with Crippen LogP contribution in [0.1, 0.15) is 34.7 Å². The summed E-state index contributed by atoms with van der Waals surface area (Å²) >= 11 is 8.84. The number of hydrogen-bond acceptors (Lipinski definition) is 7. The molecule has 5 rings (SSSR count). The monoisotopic (exact) mass is 534 g/mol. The first-order valence-corrected chi connectivity index (χ1v) is 13.8. The summed E-state index contributed by atoms with van der Waals surface area (Å²) in [6.07, 6.45) is 4.11. The van der Waals surface area contributed by atoms with Gasteiger partial charge in [0.05, 0.1) is 17.9 Å². The van der Waals surface area contributed by atoms with Crippen LogP contribution in [-0.2, 0) is 24.2 Å². The number of thiophene rings is 1. The second-order valence-corrected chi connectivity index (χ2v) is 10.8.